The molecular weight excluding hydrogens is 372 g/mol. The van der Waals surface area contributed by atoms with Gasteiger partial charge in [0.1, 0.15) is 5.82 Å². The van der Waals surface area contributed by atoms with Gasteiger partial charge in [-0.15, -0.1) is 0 Å². The minimum atomic E-state index is -4.35. The van der Waals surface area contributed by atoms with Gasteiger partial charge in [-0.2, -0.15) is 13.2 Å². The normalized spacial score (nSPS) is 18.5. The van der Waals surface area contributed by atoms with Crippen molar-refractivity contribution in [1.82, 2.24) is 9.88 Å². The minimum Gasteiger partial charge on any atom is -0.366 e. The molecule has 0 aliphatic carbocycles. The highest BCUT2D eigenvalue weighted by Gasteiger charge is 2.43. The van der Waals surface area contributed by atoms with Crippen LogP contribution in [0.4, 0.5) is 17.6 Å². The number of hydrogen-bond acceptors (Lipinski definition) is 3. The Bertz CT molecular complexity index is 972. The fourth-order valence-corrected chi connectivity index (χ4v) is 3.48. The van der Waals surface area contributed by atoms with Crippen LogP contribution < -0.4 is 0 Å². The number of fused-ring (bicyclic) bond motifs is 1. The van der Waals surface area contributed by atoms with Crippen LogP contribution in [0, 0.1) is 5.82 Å². The predicted octanol–water partition coefficient (Wildman–Crippen LogP) is 4.80. The second kappa shape index (κ2) is 7.48. The zero-order valence-corrected chi connectivity index (χ0v) is 14.9. The van der Waals surface area contributed by atoms with Gasteiger partial charge in [-0.25, -0.2) is 4.39 Å². The van der Waals surface area contributed by atoms with Crippen LogP contribution in [0.5, 0.6) is 0 Å². The first kappa shape index (κ1) is 18.8. The van der Waals surface area contributed by atoms with Crippen LogP contribution in [0.1, 0.15) is 5.56 Å². The summed E-state index contributed by atoms with van der Waals surface area (Å²) in [5.41, 5.74) is 3.45. The average Bonchev–Trinajstić information content (AvgIpc) is 2.68. The number of halogens is 4. The van der Waals surface area contributed by atoms with Crippen LogP contribution >= 0.6 is 0 Å². The lowest BCUT2D eigenvalue weighted by Crippen LogP contribution is -2.48. The third-order valence-corrected chi connectivity index (χ3v) is 4.88. The van der Waals surface area contributed by atoms with Gasteiger partial charge in [0, 0.05) is 31.2 Å². The largest absolute Gasteiger partial charge is 0.415 e. The van der Waals surface area contributed by atoms with E-state index >= 15 is 0 Å². The van der Waals surface area contributed by atoms with Crippen LogP contribution in [-0.4, -0.2) is 41.9 Å². The van der Waals surface area contributed by atoms with E-state index in [9.17, 15) is 17.6 Å². The summed E-state index contributed by atoms with van der Waals surface area (Å²) in [6.45, 7) is 0.733. The molecule has 0 spiro atoms. The van der Waals surface area contributed by atoms with Gasteiger partial charge >= 0.3 is 6.18 Å². The molecule has 7 heteroatoms. The molecule has 3 aromatic rings. The Balaban J connectivity index is 1.58. The Hall–Kier alpha value is -2.51. The lowest BCUT2D eigenvalue weighted by atomic mass is 10.00. The predicted molar refractivity (Wildman–Crippen MR) is 98.2 cm³/mol. The number of nitrogens with zero attached hydrogens (tertiary/aromatic N) is 2. The first-order valence-electron chi connectivity index (χ1n) is 8.94. The molecule has 28 heavy (non-hydrogen) atoms. The fraction of sp³-hybridized carbons (Fsp3) is 0.286. The molecule has 0 radical (unpaired) electrons. The third-order valence-electron chi connectivity index (χ3n) is 4.88. The highest BCUT2D eigenvalue weighted by molar-refractivity contribution is 5.94. The molecule has 3 nitrogen and oxygen atoms in total. The molecule has 1 aliphatic heterocycles. The van der Waals surface area contributed by atoms with Gasteiger partial charge < -0.3 is 4.74 Å². The van der Waals surface area contributed by atoms with E-state index in [1.807, 2.05) is 24.3 Å². The van der Waals surface area contributed by atoms with Crippen LogP contribution in [0.3, 0.4) is 0 Å². The quantitative estimate of drug-likeness (QED) is 0.601. The van der Waals surface area contributed by atoms with E-state index in [0.29, 0.717) is 13.1 Å². The molecular formula is C21H18F4N2O. The monoisotopic (exact) mass is 390 g/mol. The van der Waals surface area contributed by atoms with Crippen molar-refractivity contribution in [1.29, 1.82) is 0 Å². The van der Waals surface area contributed by atoms with Gasteiger partial charge in [-0.05, 0) is 41.0 Å². The number of hydrogen-bond donors (Lipinski definition) is 0. The number of benzene rings is 2. The van der Waals surface area contributed by atoms with E-state index < -0.39 is 12.3 Å². The second-order valence-electron chi connectivity index (χ2n) is 6.85. The van der Waals surface area contributed by atoms with Crippen molar-refractivity contribution in [2.45, 2.75) is 18.8 Å². The Morgan fingerprint density at radius 3 is 2.61 bits per heavy atom. The van der Waals surface area contributed by atoms with Gasteiger partial charge in [0.2, 0.25) is 0 Å². The summed E-state index contributed by atoms with van der Waals surface area (Å²) in [6.07, 6.45) is -4.42. The van der Waals surface area contributed by atoms with Crippen molar-refractivity contribution in [2.24, 2.45) is 0 Å². The summed E-state index contributed by atoms with van der Waals surface area (Å²) in [5.74, 6) is -0.299. The molecule has 1 aromatic heterocycles. The number of alkyl halides is 3. The van der Waals surface area contributed by atoms with Gasteiger partial charge in [-0.3, -0.25) is 9.88 Å². The maximum Gasteiger partial charge on any atom is 0.415 e. The molecule has 0 bridgehead atoms. The van der Waals surface area contributed by atoms with Gasteiger partial charge in [-0.1, -0.05) is 24.3 Å². The number of rotatable bonds is 3. The Kier molecular flexibility index (Phi) is 5.03. The van der Waals surface area contributed by atoms with Crippen molar-refractivity contribution < 1.29 is 22.3 Å². The van der Waals surface area contributed by atoms with Crippen molar-refractivity contribution in [3.8, 4) is 11.1 Å². The highest BCUT2D eigenvalue weighted by atomic mass is 19.4. The molecule has 0 N–H and O–H groups in total. The van der Waals surface area contributed by atoms with Crippen molar-refractivity contribution in [3.05, 3.63) is 66.1 Å². The molecule has 4 rings (SSSR count). The summed E-state index contributed by atoms with van der Waals surface area (Å²) in [7, 11) is 0. The first-order chi connectivity index (χ1) is 13.4. The van der Waals surface area contributed by atoms with Crippen molar-refractivity contribution in [3.63, 3.8) is 0 Å². The molecule has 2 aromatic carbocycles. The average molecular weight is 390 g/mol. The number of pyridine rings is 1. The van der Waals surface area contributed by atoms with Crippen LogP contribution in [0.25, 0.3) is 22.0 Å². The maximum atomic E-state index is 13.2. The molecule has 1 unspecified atom stereocenters. The number of morpholine rings is 1. The van der Waals surface area contributed by atoms with Crippen molar-refractivity contribution in [2.75, 3.05) is 19.7 Å². The van der Waals surface area contributed by atoms with E-state index in [-0.39, 0.29) is 19.0 Å². The topological polar surface area (TPSA) is 25.4 Å². The molecule has 1 aliphatic rings. The van der Waals surface area contributed by atoms with Gasteiger partial charge in [0.25, 0.3) is 0 Å². The summed E-state index contributed by atoms with van der Waals surface area (Å²) in [6, 6.07) is 13.8. The molecule has 1 atom stereocenters. The smallest absolute Gasteiger partial charge is 0.366 e. The van der Waals surface area contributed by atoms with Crippen molar-refractivity contribution >= 4 is 10.9 Å². The summed E-state index contributed by atoms with van der Waals surface area (Å²) in [5, 5.41) is 0.910. The summed E-state index contributed by atoms with van der Waals surface area (Å²) >= 11 is 0. The second-order valence-corrected chi connectivity index (χ2v) is 6.85. The number of ether oxygens (including phenoxy) is 1. The van der Waals surface area contributed by atoms with E-state index in [4.69, 9.17) is 4.74 Å². The van der Waals surface area contributed by atoms with Crippen LogP contribution in [0.15, 0.2) is 54.7 Å². The molecule has 1 fully saturated rings. The van der Waals surface area contributed by atoms with Gasteiger partial charge in [0.15, 0.2) is 6.10 Å². The Labute approximate surface area is 159 Å². The standard InChI is InChI=1S/C21H18F4N2O/c22-16-4-2-15(3-5-16)17-7-8-26-19-11-14(1-6-18(17)19)12-27-9-10-28-20(13-27)21(23,24)25/h1-8,11,20H,9-10,12-13H2. The van der Waals surface area contributed by atoms with E-state index in [2.05, 4.69) is 4.98 Å². The zero-order valence-electron chi connectivity index (χ0n) is 14.9. The number of aromatic nitrogens is 1. The fourth-order valence-electron chi connectivity index (χ4n) is 3.48. The van der Waals surface area contributed by atoms with E-state index in [0.717, 1.165) is 27.6 Å². The third kappa shape index (κ3) is 4.00. The SMILES string of the molecule is Fc1ccc(-c2ccnc3cc(CN4CCOC(C(F)(F)F)C4)ccc23)cc1. The molecule has 146 valence electrons. The van der Waals surface area contributed by atoms with E-state index in [1.54, 1.807) is 23.2 Å². The maximum absolute atomic E-state index is 13.2. The summed E-state index contributed by atoms with van der Waals surface area (Å²) < 4.78 is 56.8. The van der Waals surface area contributed by atoms with Gasteiger partial charge in [0.05, 0.1) is 12.1 Å². The summed E-state index contributed by atoms with van der Waals surface area (Å²) in [4.78, 5) is 6.14. The zero-order chi connectivity index (χ0) is 19.7. The lowest BCUT2D eigenvalue weighted by molar-refractivity contribution is -0.237. The van der Waals surface area contributed by atoms with E-state index in [1.165, 1.54) is 12.1 Å². The highest BCUT2D eigenvalue weighted by Crippen LogP contribution is 2.29. The van der Waals surface area contributed by atoms with Crippen LogP contribution in [-0.2, 0) is 11.3 Å². The minimum absolute atomic E-state index is 0.0602. The van der Waals surface area contributed by atoms with Crippen LogP contribution in [0.2, 0.25) is 0 Å². The molecule has 2 heterocycles. The Morgan fingerprint density at radius 2 is 1.86 bits per heavy atom. The first-order valence-corrected chi connectivity index (χ1v) is 8.94. The molecule has 1 saturated heterocycles. The molecule has 0 amide bonds. The Morgan fingerprint density at radius 1 is 1.07 bits per heavy atom. The molecule has 0 saturated carbocycles. The lowest BCUT2D eigenvalue weighted by Gasteiger charge is -2.33.